The molecule has 0 atom stereocenters. The predicted molar refractivity (Wildman–Crippen MR) is 46.0 cm³/mol. The number of benzene rings is 1. The van der Waals surface area contributed by atoms with Crippen LogP contribution in [0.4, 0.5) is 4.39 Å². The summed E-state index contributed by atoms with van der Waals surface area (Å²) in [7, 11) is 1.24. The Hall–Kier alpha value is -1.98. The molecule has 5 nitrogen and oxygen atoms in total. The number of hydrogen-bond acceptors (Lipinski definition) is 4. The van der Waals surface area contributed by atoms with E-state index in [0.29, 0.717) is 0 Å². The van der Waals surface area contributed by atoms with Gasteiger partial charge in [0.1, 0.15) is 5.56 Å². The number of rotatable bonds is 2. The zero-order valence-electron chi connectivity index (χ0n) is 7.74. The van der Waals surface area contributed by atoms with Crippen LogP contribution in [0.5, 0.6) is 17.2 Å². The zero-order valence-corrected chi connectivity index (χ0v) is 7.74. The van der Waals surface area contributed by atoms with Gasteiger partial charge in [-0.3, -0.25) is 0 Å². The first kappa shape index (κ1) is 9.57. The van der Waals surface area contributed by atoms with Crippen molar-refractivity contribution in [3.8, 4) is 17.2 Å². The molecule has 0 radical (unpaired) electrons. The number of fused-ring (bicyclic) bond motifs is 1. The van der Waals surface area contributed by atoms with Crippen molar-refractivity contribution in [2.24, 2.45) is 0 Å². The van der Waals surface area contributed by atoms with Crippen LogP contribution in [0, 0.1) is 5.82 Å². The first-order valence-electron chi connectivity index (χ1n) is 4.04. The van der Waals surface area contributed by atoms with E-state index < -0.39 is 17.3 Å². The van der Waals surface area contributed by atoms with Crippen LogP contribution >= 0.6 is 0 Å². The van der Waals surface area contributed by atoms with Gasteiger partial charge in [0.05, 0.1) is 7.11 Å². The van der Waals surface area contributed by atoms with Crippen LogP contribution in [0.25, 0.3) is 0 Å². The van der Waals surface area contributed by atoms with E-state index in [9.17, 15) is 9.18 Å². The van der Waals surface area contributed by atoms with Gasteiger partial charge in [-0.15, -0.1) is 0 Å². The van der Waals surface area contributed by atoms with Crippen molar-refractivity contribution < 1.29 is 28.5 Å². The van der Waals surface area contributed by atoms with Crippen LogP contribution < -0.4 is 14.2 Å². The Morgan fingerprint density at radius 3 is 2.93 bits per heavy atom. The largest absolute Gasteiger partial charge is 0.494 e. The molecular formula is C9H7FO5. The van der Waals surface area contributed by atoms with E-state index in [-0.39, 0.29) is 24.0 Å². The third-order valence-corrected chi connectivity index (χ3v) is 2.00. The zero-order chi connectivity index (χ0) is 11.0. The number of halogens is 1. The molecule has 2 rings (SSSR count). The van der Waals surface area contributed by atoms with Gasteiger partial charge >= 0.3 is 5.97 Å². The van der Waals surface area contributed by atoms with Gasteiger partial charge < -0.3 is 19.3 Å². The average molecular weight is 214 g/mol. The third kappa shape index (κ3) is 1.34. The summed E-state index contributed by atoms with van der Waals surface area (Å²) in [5.74, 6) is -2.49. The van der Waals surface area contributed by atoms with E-state index in [1.807, 2.05) is 0 Å². The maximum Gasteiger partial charge on any atom is 0.342 e. The van der Waals surface area contributed by atoms with E-state index in [0.717, 1.165) is 0 Å². The maximum absolute atomic E-state index is 13.5. The lowest BCUT2D eigenvalue weighted by Gasteiger charge is -2.07. The molecule has 0 amide bonds. The molecular weight excluding hydrogens is 207 g/mol. The van der Waals surface area contributed by atoms with Gasteiger partial charge in [0.2, 0.25) is 6.79 Å². The van der Waals surface area contributed by atoms with Crippen molar-refractivity contribution in [1.82, 2.24) is 0 Å². The lowest BCUT2D eigenvalue weighted by Crippen LogP contribution is -2.04. The summed E-state index contributed by atoms with van der Waals surface area (Å²) < 4.78 is 28.1. The SMILES string of the molecule is COc1cc2c(c(C(=O)O)c1F)OCO2. The molecule has 15 heavy (non-hydrogen) atoms. The first-order valence-corrected chi connectivity index (χ1v) is 4.04. The fourth-order valence-corrected chi connectivity index (χ4v) is 1.34. The fraction of sp³-hybridized carbons (Fsp3) is 0.222. The summed E-state index contributed by atoms with van der Waals surface area (Å²) in [5.41, 5.74) is -0.568. The second-order valence-electron chi connectivity index (χ2n) is 2.81. The number of methoxy groups -OCH3 is 1. The second-order valence-corrected chi connectivity index (χ2v) is 2.81. The highest BCUT2D eigenvalue weighted by atomic mass is 19.1. The standard InChI is InChI=1S/C9H7FO5/c1-13-4-2-5-8(15-3-14-5)6(7(4)10)9(11)12/h2H,3H2,1H3,(H,11,12). The van der Waals surface area contributed by atoms with Gasteiger partial charge in [-0.05, 0) is 0 Å². The molecule has 1 N–H and O–H groups in total. The van der Waals surface area contributed by atoms with Crippen molar-refractivity contribution in [1.29, 1.82) is 0 Å². The highest BCUT2D eigenvalue weighted by Crippen LogP contribution is 2.41. The van der Waals surface area contributed by atoms with Gasteiger partial charge in [0.15, 0.2) is 23.1 Å². The Labute approximate surface area is 84.0 Å². The second kappa shape index (κ2) is 3.30. The molecule has 0 spiro atoms. The minimum Gasteiger partial charge on any atom is -0.494 e. The number of aromatic carboxylic acids is 1. The highest BCUT2D eigenvalue weighted by Gasteiger charge is 2.29. The normalized spacial score (nSPS) is 12.7. The minimum absolute atomic E-state index is 0.0965. The Bertz CT molecular complexity index is 428. The highest BCUT2D eigenvalue weighted by molar-refractivity contribution is 5.93. The number of carboxylic acids is 1. The smallest absolute Gasteiger partial charge is 0.342 e. The van der Waals surface area contributed by atoms with Gasteiger partial charge in [0.25, 0.3) is 0 Å². The van der Waals surface area contributed by atoms with Crippen LogP contribution in [0.3, 0.4) is 0 Å². The molecule has 1 aliphatic rings. The van der Waals surface area contributed by atoms with Crippen LogP contribution in [0.2, 0.25) is 0 Å². The third-order valence-electron chi connectivity index (χ3n) is 2.00. The summed E-state index contributed by atoms with van der Waals surface area (Å²) in [4.78, 5) is 10.8. The molecule has 1 heterocycles. The molecule has 0 aromatic heterocycles. The monoisotopic (exact) mass is 214 g/mol. The van der Waals surface area contributed by atoms with Crippen molar-refractivity contribution in [2.75, 3.05) is 13.9 Å². The van der Waals surface area contributed by atoms with Crippen molar-refractivity contribution in [2.45, 2.75) is 0 Å². The molecule has 1 aliphatic heterocycles. The Kier molecular flexibility index (Phi) is 2.11. The van der Waals surface area contributed by atoms with E-state index >= 15 is 0 Å². The molecule has 80 valence electrons. The molecule has 1 aromatic rings. The summed E-state index contributed by atoms with van der Waals surface area (Å²) >= 11 is 0. The average Bonchev–Trinajstić information content (AvgIpc) is 2.63. The fourth-order valence-electron chi connectivity index (χ4n) is 1.34. The number of hydrogen-bond donors (Lipinski definition) is 1. The molecule has 0 aliphatic carbocycles. The van der Waals surface area contributed by atoms with E-state index in [4.69, 9.17) is 14.6 Å². The molecule has 0 saturated carbocycles. The van der Waals surface area contributed by atoms with E-state index in [1.165, 1.54) is 13.2 Å². The van der Waals surface area contributed by atoms with E-state index in [1.54, 1.807) is 0 Å². The van der Waals surface area contributed by atoms with Crippen LogP contribution in [-0.2, 0) is 0 Å². The molecule has 0 unspecified atom stereocenters. The van der Waals surface area contributed by atoms with Gasteiger partial charge in [-0.1, -0.05) is 0 Å². The number of ether oxygens (including phenoxy) is 3. The lowest BCUT2D eigenvalue weighted by atomic mass is 10.1. The Morgan fingerprint density at radius 1 is 1.60 bits per heavy atom. The van der Waals surface area contributed by atoms with Gasteiger partial charge in [-0.25, -0.2) is 9.18 Å². The van der Waals surface area contributed by atoms with Crippen molar-refractivity contribution in [3.63, 3.8) is 0 Å². The molecule has 0 bridgehead atoms. The van der Waals surface area contributed by atoms with Crippen molar-refractivity contribution >= 4 is 5.97 Å². The number of carboxylic acid groups (broad SMARTS) is 1. The van der Waals surface area contributed by atoms with Crippen LogP contribution in [-0.4, -0.2) is 25.0 Å². The van der Waals surface area contributed by atoms with E-state index in [2.05, 4.69) is 4.74 Å². The molecule has 6 heteroatoms. The Morgan fingerprint density at radius 2 is 2.33 bits per heavy atom. The minimum atomic E-state index is -1.42. The van der Waals surface area contributed by atoms with Gasteiger partial charge in [0, 0.05) is 6.07 Å². The maximum atomic E-state index is 13.5. The molecule has 0 fully saturated rings. The molecule has 1 aromatic carbocycles. The van der Waals surface area contributed by atoms with Gasteiger partial charge in [-0.2, -0.15) is 0 Å². The Balaban J connectivity index is 2.69. The molecule has 0 saturated heterocycles. The summed E-state index contributed by atoms with van der Waals surface area (Å²) in [6, 6.07) is 1.25. The predicted octanol–water partition coefficient (Wildman–Crippen LogP) is 1.26. The topological polar surface area (TPSA) is 65.0 Å². The van der Waals surface area contributed by atoms with Crippen LogP contribution in [0.15, 0.2) is 6.07 Å². The quantitative estimate of drug-likeness (QED) is 0.802. The van der Waals surface area contributed by atoms with Crippen molar-refractivity contribution in [3.05, 3.63) is 17.4 Å². The number of carbonyl (C=O) groups is 1. The summed E-state index contributed by atoms with van der Waals surface area (Å²) in [6.07, 6.45) is 0. The lowest BCUT2D eigenvalue weighted by molar-refractivity contribution is 0.0686. The summed E-state index contributed by atoms with van der Waals surface area (Å²) in [6.45, 7) is -0.123. The summed E-state index contributed by atoms with van der Waals surface area (Å²) in [5, 5.41) is 8.82. The van der Waals surface area contributed by atoms with Crippen LogP contribution in [0.1, 0.15) is 10.4 Å². The first-order chi connectivity index (χ1) is 7.15.